The number of rotatable bonds is 5. The second kappa shape index (κ2) is 6.58. The highest BCUT2D eigenvalue weighted by Crippen LogP contribution is 2.10. The van der Waals surface area contributed by atoms with Crippen molar-refractivity contribution in [2.45, 2.75) is 19.4 Å². The lowest BCUT2D eigenvalue weighted by atomic mass is 10.2. The molecule has 0 saturated carbocycles. The summed E-state index contributed by atoms with van der Waals surface area (Å²) in [7, 11) is 0. The zero-order valence-corrected chi connectivity index (χ0v) is 10.1. The van der Waals surface area contributed by atoms with E-state index in [4.69, 9.17) is 5.73 Å². The first kappa shape index (κ1) is 12.2. The number of benzene rings is 1. The van der Waals surface area contributed by atoms with E-state index in [1.54, 1.807) is 0 Å². The molecule has 0 heterocycles. The van der Waals surface area contributed by atoms with Gasteiger partial charge in [0.15, 0.2) is 0 Å². The zero-order valence-electron chi connectivity index (χ0n) is 8.50. The molecule has 1 amide bonds. The van der Waals surface area contributed by atoms with Crippen LogP contribution in [0.15, 0.2) is 28.7 Å². The number of amides is 1. The molecule has 1 aromatic rings. The van der Waals surface area contributed by atoms with Gasteiger partial charge >= 0.3 is 0 Å². The fraction of sp³-hybridized carbons (Fsp3) is 0.364. The Morgan fingerprint density at radius 1 is 1.33 bits per heavy atom. The molecular weight excluding hydrogens is 256 g/mol. The third-order valence-corrected chi connectivity index (χ3v) is 2.54. The lowest BCUT2D eigenvalue weighted by Gasteiger charge is -2.04. The Morgan fingerprint density at radius 2 is 2.00 bits per heavy atom. The summed E-state index contributed by atoms with van der Waals surface area (Å²) in [5, 5.41) is 2.84. The van der Waals surface area contributed by atoms with Crippen molar-refractivity contribution in [2.75, 3.05) is 6.54 Å². The fourth-order valence-electron chi connectivity index (χ4n) is 1.15. The molecule has 0 radical (unpaired) electrons. The molecule has 0 bridgehead atoms. The van der Waals surface area contributed by atoms with Crippen LogP contribution in [0.25, 0.3) is 0 Å². The summed E-state index contributed by atoms with van der Waals surface area (Å²) in [6.07, 6.45) is 1.25. The largest absolute Gasteiger partial charge is 0.352 e. The van der Waals surface area contributed by atoms with Gasteiger partial charge in [0.1, 0.15) is 0 Å². The lowest BCUT2D eigenvalue weighted by Crippen LogP contribution is -2.23. The molecule has 3 nitrogen and oxygen atoms in total. The van der Waals surface area contributed by atoms with Gasteiger partial charge in [0.2, 0.25) is 5.91 Å². The van der Waals surface area contributed by atoms with E-state index >= 15 is 0 Å². The van der Waals surface area contributed by atoms with E-state index in [9.17, 15) is 4.79 Å². The number of halogens is 1. The molecule has 3 N–H and O–H groups in total. The SMILES string of the molecule is NCCCC(=O)NCc1ccc(Br)cc1. The molecule has 0 saturated heterocycles. The molecular formula is C11H15BrN2O. The quantitative estimate of drug-likeness (QED) is 0.858. The second-order valence-electron chi connectivity index (χ2n) is 3.30. The van der Waals surface area contributed by atoms with Crippen molar-refractivity contribution in [3.63, 3.8) is 0 Å². The van der Waals surface area contributed by atoms with Crippen LogP contribution in [0.1, 0.15) is 18.4 Å². The lowest BCUT2D eigenvalue weighted by molar-refractivity contribution is -0.121. The predicted molar refractivity (Wildman–Crippen MR) is 64.3 cm³/mol. The maximum absolute atomic E-state index is 11.3. The fourth-order valence-corrected chi connectivity index (χ4v) is 1.42. The summed E-state index contributed by atoms with van der Waals surface area (Å²) in [5.74, 6) is 0.0587. The molecule has 0 aliphatic rings. The van der Waals surface area contributed by atoms with E-state index in [0.717, 1.165) is 16.5 Å². The summed E-state index contributed by atoms with van der Waals surface area (Å²) >= 11 is 3.36. The van der Waals surface area contributed by atoms with Gasteiger partial charge in [-0.3, -0.25) is 4.79 Å². The highest BCUT2D eigenvalue weighted by Gasteiger charge is 1.99. The molecule has 4 heteroatoms. The first-order chi connectivity index (χ1) is 7.22. The summed E-state index contributed by atoms with van der Waals surface area (Å²) in [5.41, 5.74) is 6.41. The Hall–Kier alpha value is -0.870. The van der Waals surface area contributed by atoms with Gasteiger partial charge < -0.3 is 11.1 Å². The van der Waals surface area contributed by atoms with Crippen LogP contribution in [-0.4, -0.2) is 12.5 Å². The van der Waals surface area contributed by atoms with Crippen LogP contribution < -0.4 is 11.1 Å². The molecule has 0 spiro atoms. The smallest absolute Gasteiger partial charge is 0.220 e. The zero-order chi connectivity index (χ0) is 11.1. The molecule has 82 valence electrons. The van der Waals surface area contributed by atoms with Crippen LogP contribution in [0.3, 0.4) is 0 Å². The Labute approximate surface area is 98.2 Å². The number of carbonyl (C=O) groups excluding carboxylic acids is 1. The van der Waals surface area contributed by atoms with Gasteiger partial charge in [0, 0.05) is 17.4 Å². The third-order valence-electron chi connectivity index (χ3n) is 2.01. The molecule has 0 aliphatic heterocycles. The maximum Gasteiger partial charge on any atom is 0.220 e. The van der Waals surface area contributed by atoms with Crippen molar-refractivity contribution in [3.05, 3.63) is 34.3 Å². The van der Waals surface area contributed by atoms with Gasteiger partial charge in [-0.05, 0) is 30.7 Å². The molecule has 1 rings (SSSR count). The van der Waals surface area contributed by atoms with Gasteiger partial charge in [-0.2, -0.15) is 0 Å². The van der Waals surface area contributed by atoms with E-state index in [2.05, 4.69) is 21.2 Å². The Kier molecular flexibility index (Phi) is 5.36. The number of nitrogens with one attached hydrogen (secondary N) is 1. The van der Waals surface area contributed by atoms with Gasteiger partial charge in [-0.1, -0.05) is 28.1 Å². The summed E-state index contributed by atoms with van der Waals surface area (Å²) in [6, 6.07) is 7.88. The van der Waals surface area contributed by atoms with Crippen LogP contribution in [-0.2, 0) is 11.3 Å². The van der Waals surface area contributed by atoms with Gasteiger partial charge in [0.05, 0.1) is 0 Å². The minimum Gasteiger partial charge on any atom is -0.352 e. The standard InChI is InChI=1S/C11H15BrN2O/c12-10-5-3-9(4-6-10)8-14-11(15)2-1-7-13/h3-6H,1-2,7-8,13H2,(H,14,15). The van der Waals surface area contributed by atoms with Crippen LogP contribution >= 0.6 is 15.9 Å². The van der Waals surface area contributed by atoms with Crippen molar-refractivity contribution >= 4 is 21.8 Å². The summed E-state index contributed by atoms with van der Waals surface area (Å²) in [4.78, 5) is 11.3. The average molecular weight is 271 g/mol. The van der Waals surface area contributed by atoms with Crippen LogP contribution in [0, 0.1) is 0 Å². The minimum absolute atomic E-state index is 0.0587. The maximum atomic E-state index is 11.3. The van der Waals surface area contributed by atoms with Crippen LogP contribution in [0.4, 0.5) is 0 Å². The molecule has 0 atom stereocenters. The molecule has 15 heavy (non-hydrogen) atoms. The van der Waals surface area contributed by atoms with Crippen LogP contribution in [0.2, 0.25) is 0 Å². The third kappa shape index (κ3) is 4.95. The average Bonchev–Trinajstić information content (AvgIpc) is 2.25. The van der Waals surface area contributed by atoms with E-state index in [-0.39, 0.29) is 5.91 Å². The number of hydrogen-bond acceptors (Lipinski definition) is 2. The Morgan fingerprint density at radius 3 is 2.60 bits per heavy atom. The van der Waals surface area contributed by atoms with Crippen molar-refractivity contribution in [2.24, 2.45) is 5.73 Å². The number of nitrogens with two attached hydrogens (primary N) is 1. The first-order valence-corrected chi connectivity index (χ1v) is 5.73. The van der Waals surface area contributed by atoms with Gasteiger partial charge in [-0.15, -0.1) is 0 Å². The van der Waals surface area contributed by atoms with Crippen molar-refractivity contribution in [1.29, 1.82) is 0 Å². The number of hydrogen-bond donors (Lipinski definition) is 2. The summed E-state index contributed by atoms with van der Waals surface area (Å²) in [6.45, 7) is 1.14. The molecule has 0 aromatic heterocycles. The second-order valence-corrected chi connectivity index (χ2v) is 4.21. The van der Waals surface area contributed by atoms with Crippen LogP contribution in [0.5, 0.6) is 0 Å². The molecule has 0 unspecified atom stereocenters. The van der Waals surface area contributed by atoms with E-state index in [1.165, 1.54) is 0 Å². The van der Waals surface area contributed by atoms with Crippen molar-refractivity contribution in [1.82, 2.24) is 5.32 Å². The van der Waals surface area contributed by atoms with E-state index in [1.807, 2.05) is 24.3 Å². The molecule has 1 aromatic carbocycles. The Balaban J connectivity index is 2.30. The highest BCUT2D eigenvalue weighted by atomic mass is 79.9. The summed E-state index contributed by atoms with van der Waals surface area (Å²) < 4.78 is 1.04. The van der Waals surface area contributed by atoms with E-state index < -0.39 is 0 Å². The monoisotopic (exact) mass is 270 g/mol. The van der Waals surface area contributed by atoms with Crippen molar-refractivity contribution < 1.29 is 4.79 Å². The molecule has 0 fully saturated rings. The first-order valence-electron chi connectivity index (χ1n) is 4.93. The van der Waals surface area contributed by atoms with Gasteiger partial charge in [-0.25, -0.2) is 0 Å². The van der Waals surface area contributed by atoms with Gasteiger partial charge in [0.25, 0.3) is 0 Å². The highest BCUT2D eigenvalue weighted by molar-refractivity contribution is 9.10. The predicted octanol–water partition coefficient (Wildman–Crippen LogP) is 1.80. The van der Waals surface area contributed by atoms with E-state index in [0.29, 0.717) is 19.5 Å². The Bertz CT molecular complexity index is 311. The van der Waals surface area contributed by atoms with Crippen molar-refractivity contribution in [3.8, 4) is 0 Å². The topological polar surface area (TPSA) is 55.1 Å². The minimum atomic E-state index is 0.0587. The molecule has 0 aliphatic carbocycles. The number of carbonyl (C=O) groups is 1. The normalized spacial score (nSPS) is 10.0.